The van der Waals surface area contributed by atoms with Crippen LogP contribution in [0, 0.1) is 29.1 Å². The average Bonchev–Trinajstić information content (AvgIpc) is 2.23. The standard InChI is InChI=1S/C11H11F5O/c1-3-4-11(2,17)5-6(12)8(14)10(16)9(15)7(5)13/h17H,3-4H2,1-2H3. The van der Waals surface area contributed by atoms with Crippen LogP contribution in [-0.2, 0) is 5.60 Å². The SMILES string of the molecule is CCCC(C)(O)c1c(F)c(F)c(F)c(F)c1F. The molecule has 0 aromatic heterocycles. The van der Waals surface area contributed by atoms with Crippen molar-refractivity contribution in [3.8, 4) is 0 Å². The quantitative estimate of drug-likeness (QED) is 0.498. The van der Waals surface area contributed by atoms with E-state index in [1.807, 2.05) is 0 Å². The van der Waals surface area contributed by atoms with Crippen molar-refractivity contribution in [2.75, 3.05) is 0 Å². The second-order valence-corrected chi connectivity index (χ2v) is 3.97. The molecule has 0 aliphatic carbocycles. The molecule has 0 amide bonds. The van der Waals surface area contributed by atoms with Crippen molar-refractivity contribution < 1.29 is 27.1 Å². The number of aliphatic hydroxyl groups is 1. The predicted octanol–water partition coefficient (Wildman–Crippen LogP) is 3.39. The molecule has 0 aliphatic heterocycles. The van der Waals surface area contributed by atoms with Crippen molar-refractivity contribution in [1.29, 1.82) is 0 Å². The lowest BCUT2D eigenvalue weighted by Crippen LogP contribution is -2.26. The predicted molar refractivity (Wildman–Crippen MR) is 50.7 cm³/mol. The van der Waals surface area contributed by atoms with Crippen molar-refractivity contribution in [2.45, 2.75) is 32.3 Å². The third-order valence-corrected chi connectivity index (χ3v) is 2.49. The third-order valence-electron chi connectivity index (χ3n) is 2.49. The molecule has 0 radical (unpaired) electrons. The Morgan fingerprint density at radius 1 is 0.882 bits per heavy atom. The largest absolute Gasteiger partial charge is 0.385 e. The summed E-state index contributed by atoms with van der Waals surface area (Å²) < 4.78 is 65.2. The van der Waals surface area contributed by atoms with Gasteiger partial charge in [-0.2, -0.15) is 0 Å². The lowest BCUT2D eigenvalue weighted by Gasteiger charge is -2.24. The first-order valence-corrected chi connectivity index (χ1v) is 4.98. The molecular formula is C11H11F5O. The monoisotopic (exact) mass is 254 g/mol. The van der Waals surface area contributed by atoms with Gasteiger partial charge in [-0.3, -0.25) is 0 Å². The zero-order chi connectivity index (χ0) is 13.4. The molecule has 0 fully saturated rings. The van der Waals surface area contributed by atoms with Gasteiger partial charge >= 0.3 is 0 Å². The van der Waals surface area contributed by atoms with E-state index in [1.165, 1.54) is 0 Å². The molecule has 1 rings (SSSR count). The fraction of sp³-hybridized carbons (Fsp3) is 0.455. The second-order valence-electron chi connectivity index (χ2n) is 3.97. The maximum atomic E-state index is 13.3. The maximum absolute atomic E-state index is 13.3. The molecule has 0 heterocycles. The fourth-order valence-corrected chi connectivity index (χ4v) is 1.69. The van der Waals surface area contributed by atoms with Crippen LogP contribution in [0.25, 0.3) is 0 Å². The zero-order valence-corrected chi connectivity index (χ0v) is 9.25. The topological polar surface area (TPSA) is 20.2 Å². The van der Waals surface area contributed by atoms with Crippen LogP contribution in [0.5, 0.6) is 0 Å². The summed E-state index contributed by atoms with van der Waals surface area (Å²) in [6, 6.07) is 0. The van der Waals surface area contributed by atoms with E-state index in [4.69, 9.17) is 0 Å². The molecule has 6 heteroatoms. The Morgan fingerprint density at radius 2 is 1.24 bits per heavy atom. The molecule has 1 aromatic rings. The molecule has 1 unspecified atom stereocenters. The highest BCUT2D eigenvalue weighted by Gasteiger charge is 2.35. The molecule has 1 N–H and O–H groups in total. The Balaban J connectivity index is 3.54. The molecule has 17 heavy (non-hydrogen) atoms. The van der Waals surface area contributed by atoms with E-state index in [9.17, 15) is 27.1 Å². The first-order valence-electron chi connectivity index (χ1n) is 4.98. The number of hydrogen-bond acceptors (Lipinski definition) is 1. The highest BCUT2D eigenvalue weighted by Crippen LogP contribution is 2.33. The Labute approximate surface area is 94.9 Å². The van der Waals surface area contributed by atoms with E-state index < -0.39 is 40.3 Å². The van der Waals surface area contributed by atoms with Gasteiger partial charge < -0.3 is 5.11 Å². The summed E-state index contributed by atoms with van der Waals surface area (Å²) in [5.74, 6) is -10.3. The second kappa shape index (κ2) is 4.60. The molecule has 0 saturated heterocycles. The molecule has 1 nitrogen and oxygen atoms in total. The van der Waals surface area contributed by atoms with E-state index in [0.29, 0.717) is 6.42 Å². The van der Waals surface area contributed by atoms with Gasteiger partial charge in [-0.05, 0) is 13.3 Å². The van der Waals surface area contributed by atoms with E-state index in [0.717, 1.165) is 6.92 Å². The van der Waals surface area contributed by atoms with Crippen molar-refractivity contribution in [2.24, 2.45) is 0 Å². The van der Waals surface area contributed by atoms with Crippen molar-refractivity contribution in [3.05, 3.63) is 34.6 Å². The summed E-state index contributed by atoms with van der Waals surface area (Å²) in [5.41, 5.74) is -3.28. The number of hydrogen-bond donors (Lipinski definition) is 1. The van der Waals surface area contributed by atoms with Gasteiger partial charge in [0.2, 0.25) is 5.82 Å². The van der Waals surface area contributed by atoms with Gasteiger partial charge in [0.1, 0.15) is 0 Å². The first-order chi connectivity index (χ1) is 7.74. The molecule has 1 aromatic carbocycles. The van der Waals surface area contributed by atoms with Crippen LogP contribution >= 0.6 is 0 Å². The van der Waals surface area contributed by atoms with Crippen molar-refractivity contribution in [3.63, 3.8) is 0 Å². The first kappa shape index (κ1) is 13.9. The number of halogens is 5. The van der Waals surface area contributed by atoms with Crippen LogP contribution in [0.2, 0.25) is 0 Å². The maximum Gasteiger partial charge on any atom is 0.200 e. The highest BCUT2D eigenvalue weighted by atomic mass is 19.2. The number of rotatable bonds is 3. The van der Waals surface area contributed by atoms with Crippen LogP contribution in [0.4, 0.5) is 22.0 Å². The minimum atomic E-state index is -2.23. The molecule has 0 aliphatic rings. The van der Waals surface area contributed by atoms with Gasteiger partial charge in [0.05, 0.1) is 11.2 Å². The Hall–Kier alpha value is -1.17. The summed E-state index contributed by atoms with van der Waals surface area (Å²) in [6.45, 7) is 2.62. The lowest BCUT2D eigenvalue weighted by molar-refractivity contribution is 0.0372. The molecule has 96 valence electrons. The van der Waals surface area contributed by atoms with Crippen molar-refractivity contribution in [1.82, 2.24) is 0 Å². The van der Waals surface area contributed by atoms with Crippen LogP contribution < -0.4 is 0 Å². The van der Waals surface area contributed by atoms with Crippen LogP contribution in [0.1, 0.15) is 32.3 Å². The smallest absolute Gasteiger partial charge is 0.200 e. The van der Waals surface area contributed by atoms with Gasteiger partial charge in [-0.15, -0.1) is 0 Å². The molecule has 0 bridgehead atoms. The summed E-state index contributed by atoms with van der Waals surface area (Å²) in [6.07, 6.45) is 0.206. The van der Waals surface area contributed by atoms with Gasteiger partial charge in [-0.1, -0.05) is 13.3 Å². The molecule has 1 atom stereocenters. The van der Waals surface area contributed by atoms with E-state index in [2.05, 4.69) is 0 Å². The summed E-state index contributed by atoms with van der Waals surface area (Å²) >= 11 is 0. The summed E-state index contributed by atoms with van der Waals surface area (Å²) in [4.78, 5) is 0. The summed E-state index contributed by atoms with van der Waals surface area (Å²) in [7, 11) is 0. The normalized spacial score (nSPS) is 14.8. The number of benzene rings is 1. The minimum Gasteiger partial charge on any atom is -0.385 e. The Bertz CT molecular complexity index is 413. The van der Waals surface area contributed by atoms with Crippen molar-refractivity contribution >= 4 is 0 Å². The van der Waals surface area contributed by atoms with Gasteiger partial charge in [0.25, 0.3) is 0 Å². The third kappa shape index (κ3) is 2.26. The average molecular weight is 254 g/mol. The van der Waals surface area contributed by atoms with Gasteiger partial charge in [0, 0.05) is 0 Å². The van der Waals surface area contributed by atoms with E-state index in [1.54, 1.807) is 6.92 Å². The molecular weight excluding hydrogens is 243 g/mol. The van der Waals surface area contributed by atoms with Gasteiger partial charge in [0.15, 0.2) is 23.3 Å². The van der Waals surface area contributed by atoms with Crippen LogP contribution in [0.3, 0.4) is 0 Å². The minimum absolute atomic E-state index is 0.120. The van der Waals surface area contributed by atoms with Crippen LogP contribution in [-0.4, -0.2) is 5.11 Å². The summed E-state index contributed by atoms with van der Waals surface area (Å²) in [5, 5.41) is 9.75. The highest BCUT2D eigenvalue weighted by molar-refractivity contribution is 5.28. The fourth-order valence-electron chi connectivity index (χ4n) is 1.69. The zero-order valence-electron chi connectivity index (χ0n) is 9.25. The Morgan fingerprint density at radius 3 is 1.59 bits per heavy atom. The Kier molecular flexibility index (Phi) is 3.76. The van der Waals surface area contributed by atoms with Crippen LogP contribution in [0.15, 0.2) is 0 Å². The van der Waals surface area contributed by atoms with E-state index in [-0.39, 0.29) is 6.42 Å². The molecule has 0 spiro atoms. The molecule has 0 saturated carbocycles. The van der Waals surface area contributed by atoms with Gasteiger partial charge in [-0.25, -0.2) is 22.0 Å². The van der Waals surface area contributed by atoms with E-state index >= 15 is 0 Å². The lowest BCUT2D eigenvalue weighted by atomic mass is 9.90.